The molecule has 0 aliphatic rings. The molecular weight excluding hydrogens is 324 g/mol. The van der Waals surface area contributed by atoms with Crippen LogP contribution >= 0.6 is 0 Å². The SMILES string of the molecule is O=C(O)C(Cc1ccccc1)NCCNC(Cc1cnc[nH]1)C(=O)O. The van der Waals surface area contributed by atoms with Gasteiger partial charge in [0.1, 0.15) is 12.1 Å². The minimum atomic E-state index is -0.964. The highest BCUT2D eigenvalue weighted by atomic mass is 16.4. The molecule has 0 fully saturated rings. The highest BCUT2D eigenvalue weighted by Gasteiger charge is 2.19. The molecule has 0 bridgehead atoms. The topological polar surface area (TPSA) is 127 Å². The molecule has 134 valence electrons. The summed E-state index contributed by atoms with van der Waals surface area (Å²) in [5, 5.41) is 24.4. The lowest BCUT2D eigenvalue weighted by atomic mass is 10.1. The van der Waals surface area contributed by atoms with E-state index in [9.17, 15) is 19.8 Å². The lowest BCUT2D eigenvalue weighted by Crippen LogP contribution is -2.45. The molecular formula is C17H22N4O4. The minimum Gasteiger partial charge on any atom is -0.480 e. The number of rotatable bonds is 11. The van der Waals surface area contributed by atoms with Crippen LogP contribution in [0.3, 0.4) is 0 Å². The molecule has 0 radical (unpaired) electrons. The number of hydrogen-bond donors (Lipinski definition) is 5. The third-order valence-electron chi connectivity index (χ3n) is 3.76. The van der Waals surface area contributed by atoms with Crippen molar-refractivity contribution in [2.24, 2.45) is 0 Å². The molecule has 0 spiro atoms. The maximum atomic E-state index is 11.4. The first-order valence-corrected chi connectivity index (χ1v) is 8.00. The summed E-state index contributed by atoms with van der Waals surface area (Å²) in [5.41, 5.74) is 1.65. The smallest absolute Gasteiger partial charge is 0.321 e. The number of carboxylic acids is 2. The van der Waals surface area contributed by atoms with E-state index in [1.54, 1.807) is 6.20 Å². The Morgan fingerprint density at radius 1 is 1.00 bits per heavy atom. The summed E-state index contributed by atoms with van der Waals surface area (Å²) in [6.07, 6.45) is 3.72. The van der Waals surface area contributed by atoms with Gasteiger partial charge in [-0.05, 0) is 12.0 Å². The van der Waals surface area contributed by atoms with Gasteiger partial charge < -0.3 is 25.8 Å². The summed E-state index contributed by atoms with van der Waals surface area (Å²) in [4.78, 5) is 29.4. The first-order valence-electron chi connectivity index (χ1n) is 8.00. The van der Waals surface area contributed by atoms with E-state index in [2.05, 4.69) is 20.6 Å². The van der Waals surface area contributed by atoms with Crippen molar-refractivity contribution in [1.29, 1.82) is 0 Å². The normalized spacial score (nSPS) is 13.3. The number of benzene rings is 1. The Morgan fingerprint density at radius 3 is 2.12 bits per heavy atom. The lowest BCUT2D eigenvalue weighted by Gasteiger charge is -2.17. The van der Waals surface area contributed by atoms with E-state index in [1.165, 1.54) is 6.33 Å². The lowest BCUT2D eigenvalue weighted by molar-refractivity contribution is -0.140. The predicted octanol–water partition coefficient (Wildman–Crippen LogP) is 0.281. The highest BCUT2D eigenvalue weighted by Crippen LogP contribution is 2.03. The van der Waals surface area contributed by atoms with Crippen molar-refractivity contribution in [3.8, 4) is 0 Å². The van der Waals surface area contributed by atoms with Crippen LogP contribution in [0.1, 0.15) is 11.3 Å². The minimum absolute atomic E-state index is 0.279. The van der Waals surface area contributed by atoms with E-state index in [4.69, 9.17) is 0 Å². The molecule has 1 aromatic heterocycles. The van der Waals surface area contributed by atoms with Crippen LogP contribution in [-0.2, 0) is 22.4 Å². The predicted molar refractivity (Wildman–Crippen MR) is 91.3 cm³/mol. The molecule has 1 aromatic carbocycles. The largest absolute Gasteiger partial charge is 0.480 e. The molecule has 2 unspecified atom stereocenters. The quantitative estimate of drug-likeness (QED) is 0.370. The Hall–Kier alpha value is -2.71. The zero-order valence-electron chi connectivity index (χ0n) is 13.7. The van der Waals surface area contributed by atoms with E-state index in [1.807, 2.05) is 30.3 Å². The standard InChI is InChI=1S/C17H22N4O4/c22-16(23)14(8-12-4-2-1-3-5-12)19-6-7-20-15(17(24)25)9-13-10-18-11-21-13/h1-5,10-11,14-15,19-20H,6-9H2,(H,18,21)(H,22,23)(H,24,25). The summed E-state index contributed by atoms with van der Waals surface area (Å²) < 4.78 is 0. The Labute approximate surface area is 145 Å². The monoisotopic (exact) mass is 346 g/mol. The van der Waals surface area contributed by atoms with Crippen molar-refractivity contribution in [3.05, 3.63) is 54.1 Å². The first-order chi connectivity index (χ1) is 12.1. The Morgan fingerprint density at radius 2 is 1.60 bits per heavy atom. The molecule has 0 aliphatic carbocycles. The average Bonchev–Trinajstić information content (AvgIpc) is 3.10. The summed E-state index contributed by atoms with van der Waals surface area (Å²) in [6.45, 7) is 0.681. The second kappa shape index (κ2) is 9.55. The van der Waals surface area contributed by atoms with Gasteiger partial charge in [0, 0.05) is 31.4 Å². The fraction of sp³-hybridized carbons (Fsp3) is 0.353. The molecule has 0 aliphatic heterocycles. The Bertz CT molecular complexity index is 661. The Kier molecular flexibility index (Phi) is 7.12. The molecule has 2 rings (SSSR count). The number of imidazole rings is 1. The van der Waals surface area contributed by atoms with E-state index < -0.39 is 24.0 Å². The number of nitrogens with one attached hydrogen (secondary N) is 3. The van der Waals surface area contributed by atoms with Gasteiger partial charge in [-0.15, -0.1) is 0 Å². The number of carbonyl (C=O) groups is 2. The molecule has 5 N–H and O–H groups in total. The van der Waals surface area contributed by atoms with Gasteiger partial charge in [-0.1, -0.05) is 30.3 Å². The summed E-state index contributed by atoms with van der Waals surface area (Å²) in [7, 11) is 0. The average molecular weight is 346 g/mol. The van der Waals surface area contributed by atoms with Gasteiger partial charge >= 0.3 is 11.9 Å². The van der Waals surface area contributed by atoms with Crippen LogP contribution in [0.4, 0.5) is 0 Å². The van der Waals surface area contributed by atoms with Crippen LogP contribution in [0.5, 0.6) is 0 Å². The molecule has 1 heterocycles. The van der Waals surface area contributed by atoms with Crippen molar-refractivity contribution < 1.29 is 19.8 Å². The van der Waals surface area contributed by atoms with Gasteiger partial charge in [0.05, 0.1) is 6.33 Å². The zero-order valence-corrected chi connectivity index (χ0v) is 13.7. The van der Waals surface area contributed by atoms with Gasteiger partial charge in [0.25, 0.3) is 0 Å². The number of aromatic amines is 1. The maximum Gasteiger partial charge on any atom is 0.321 e. The fourth-order valence-electron chi connectivity index (χ4n) is 2.45. The third kappa shape index (κ3) is 6.36. The second-order valence-corrected chi connectivity index (χ2v) is 5.66. The number of aromatic nitrogens is 2. The summed E-state index contributed by atoms with van der Waals surface area (Å²) in [6, 6.07) is 7.87. The highest BCUT2D eigenvalue weighted by molar-refractivity contribution is 5.74. The van der Waals surface area contributed by atoms with Crippen LogP contribution < -0.4 is 10.6 Å². The second-order valence-electron chi connectivity index (χ2n) is 5.66. The van der Waals surface area contributed by atoms with Crippen LogP contribution in [-0.4, -0.2) is 57.3 Å². The number of carboxylic acid groups (broad SMARTS) is 2. The third-order valence-corrected chi connectivity index (χ3v) is 3.76. The van der Waals surface area contributed by atoms with Gasteiger partial charge in [-0.3, -0.25) is 9.59 Å². The van der Waals surface area contributed by atoms with Crippen molar-refractivity contribution in [2.45, 2.75) is 24.9 Å². The molecule has 8 nitrogen and oxygen atoms in total. The number of aliphatic carboxylic acids is 2. The molecule has 0 saturated heterocycles. The van der Waals surface area contributed by atoms with Crippen LogP contribution in [0.2, 0.25) is 0 Å². The van der Waals surface area contributed by atoms with Crippen molar-refractivity contribution >= 4 is 11.9 Å². The number of hydrogen-bond acceptors (Lipinski definition) is 5. The van der Waals surface area contributed by atoms with Crippen molar-refractivity contribution in [2.75, 3.05) is 13.1 Å². The van der Waals surface area contributed by atoms with Gasteiger partial charge in [-0.25, -0.2) is 4.98 Å². The molecule has 25 heavy (non-hydrogen) atoms. The number of nitrogens with zero attached hydrogens (tertiary/aromatic N) is 1. The van der Waals surface area contributed by atoms with Crippen LogP contribution in [0, 0.1) is 0 Å². The zero-order chi connectivity index (χ0) is 18.1. The molecule has 2 atom stereocenters. The van der Waals surface area contributed by atoms with E-state index in [0.717, 1.165) is 11.3 Å². The van der Waals surface area contributed by atoms with Crippen LogP contribution in [0.25, 0.3) is 0 Å². The first kappa shape index (κ1) is 18.6. The van der Waals surface area contributed by atoms with Crippen molar-refractivity contribution in [3.63, 3.8) is 0 Å². The van der Waals surface area contributed by atoms with Crippen molar-refractivity contribution in [1.82, 2.24) is 20.6 Å². The van der Waals surface area contributed by atoms with Gasteiger partial charge in [0.15, 0.2) is 0 Å². The Balaban J connectivity index is 1.78. The molecule has 2 aromatic rings. The van der Waals surface area contributed by atoms with Crippen LogP contribution in [0.15, 0.2) is 42.9 Å². The maximum absolute atomic E-state index is 11.4. The molecule has 0 amide bonds. The van der Waals surface area contributed by atoms with E-state index >= 15 is 0 Å². The molecule has 8 heteroatoms. The van der Waals surface area contributed by atoms with Gasteiger partial charge in [-0.2, -0.15) is 0 Å². The summed E-state index contributed by atoms with van der Waals surface area (Å²) in [5.74, 6) is -1.90. The van der Waals surface area contributed by atoms with Gasteiger partial charge in [0.2, 0.25) is 0 Å². The summed E-state index contributed by atoms with van der Waals surface area (Å²) >= 11 is 0. The van der Waals surface area contributed by atoms with E-state index in [0.29, 0.717) is 19.5 Å². The van der Waals surface area contributed by atoms with E-state index in [-0.39, 0.29) is 6.42 Å². The molecule has 0 saturated carbocycles. The fourth-order valence-corrected chi connectivity index (χ4v) is 2.45. The number of H-pyrrole nitrogens is 1.